The first kappa shape index (κ1) is 15.8. The summed E-state index contributed by atoms with van der Waals surface area (Å²) in [7, 11) is 0. The summed E-state index contributed by atoms with van der Waals surface area (Å²) >= 11 is 0. The van der Waals surface area contributed by atoms with Gasteiger partial charge >= 0.3 is 5.97 Å². The Bertz CT molecular complexity index is 221. The minimum Gasteiger partial charge on any atom is -0.480 e. The molecule has 1 amide bonds. The van der Waals surface area contributed by atoms with Crippen LogP contribution in [0.4, 0.5) is 0 Å². The van der Waals surface area contributed by atoms with Crippen molar-refractivity contribution in [2.75, 3.05) is 46.2 Å². The van der Waals surface area contributed by atoms with E-state index in [0.717, 1.165) is 0 Å². The maximum atomic E-state index is 10.9. The van der Waals surface area contributed by atoms with Gasteiger partial charge in [-0.1, -0.05) is 0 Å². The SMILES string of the molecule is CCNC(=O)COCCOCCOCC(=O)O. The van der Waals surface area contributed by atoms with E-state index in [1.807, 2.05) is 6.92 Å². The van der Waals surface area contributed by atoms with Crippen LogP contribution in [0.1, 0.15) is 6.92 Å². The molecule has 100 valence electrons. The molecule has 0 rings (SSSR count). The number of carboxylic acids is 1. The van der Waals surface area contributed by atoms with E-state index in [9.17, 15) is 9.59 Å². The van der Waals surface area contributed by atoms with E-state index < -0.39 is 5.97 Å². The molecule has 0 saturated carbocycles. The van der Waals surface area contributed by atoms with Crippen LogP contribution in [-0.4, -0.2) is 63.2 Å². The standard InChI is InChI=1S/C10H19NO6/c1-2-11-9(12)7-16-5-3-15-4-6-17-8-10(13)14/h2-8H2,1H3,(H,11,12)(H,13,14). The Morgan fingerprint density at radius 2 is 1.53 bits per heavy atom. The molecular weight excluding hydrogens is 230 g/mol. The zero-order valence-corrected chi connectivity index (χ0v) is 9.94. The van der Waals surface area contributed by atoms with Gasteiger partial charge in [0.05, 0.1) is 26.4 Å². The number of nitrogens with one attached hydrogen (secondary N) is 1. The molecule has 7 heteroatoms. The average molecular weight is 249 g/mol. The lowest BCUT2D eigenvalue weighted by molar-refractivity contribution is -0.142. The largest absolute Gasteiger partial charge is 0.480 e. The molecule has 0 aliphatic heterocycles. The molecule has 0 atom stereocenters. The molecule has 2 N–H and O–H groups in total. The number of aliphatic carboxylic acids is 1. The molecule has 7 nitrogen and oxygen atoms in total. The molecule has 0 aliphatic rings. The Morgan fingerprint density at radius 3 is 2.06 bits per heavy atom. The molecule has 0 heterocycles. The lowest BCUT2D eigenvalue weighted by Crippen LogP contribution is -2.27. The van der Waals surface area contributed by atoms with Gasteiger partial charge in [0.1, 0.15) is 13.2 Å². The van der Waals surface area contributed by atoms with Crippen LogP contribution in [0.2, 0.25) is 0 Å². The fourth-order valence-corrected chi connectivity index (χ4v) is 0.910. The minimum atomic E-state index is -1.00. The van der Waals surface area contributed by atoms with E-state index in [0.29, 0.717) is 26.4 Å². The summed E-state index contributed by atoms with van der Waals surface area (Å²) in [6.07, 6.45) is 0. The zero-order valence-electron chi connectivity index (χ0n) is 9.94. The third-order valence-electron chi connectivity index (χ3n) is 1.58. The third kappa shape index (κ3) is 12.8. The highest BCUT2D eigenvalue weighted by Crippen LogP contribution is 1.81. The molecular formula is C10H19NO6. The first-order valence-corrected chi connectivity index (χ1v) is 5.38. The predicted molar refractivity (Wildman–Crippen MR) is 58.8 cm³/mol. The van der Waals surface area contributed by atoms with Gasteiger partial charge in [-0.3, -0.25) is 4.79 Å². The van der Waals surface area contributed by atoms with E-state index in [1.165, 1.54) is 0 Å². The molecule has 0 saturated heterocycles. The van der Waals surface area contributed by atoms with Gasteiger partial charge in [0.2, 0.25) is 5.91 Å². The van der Waals surface area contributed by atoms with Crippen molar-refractivity contribution in [3.05, 3.63) is 0 Å². The summed E-state index contributed by atoms with van der Waals surface area (Å²) in [5.74, 6) is -1.16. The number of rotatable bonds is 11. The molecule has 0 bridgehead atoms. The molecule has 0 aromatic carbocycles. The fraction of sp³-hybridized carbons (Fsp3) is 0.800. The highest BCUT2D eigenvalue weighted by Gasteiger charge is 1.99. The number of hydrogen-bond donors (Lipinski definition) is 2. The van der Waals surface area contributed by atoms with Crippen molar-refractivity contribution in [1.29, 1.82) is 0 Å². The Balaban J connectivity index is 3.08. The molecule has 0 radical (unpaired) electrons. The minimum absolute atomic E-state index is 0.0205. The average Bonchev–Trinajstić information content (AvgIpc) is 2.27. The van der Waals surface area contributed by atoms with Crippen molar-refractivity contribution in [1.82, 2.24) is 5.32 Å². The van der Waals surface area contributed by atoms with Crippen LogP contribution < -0.4 is 5.32 Å². The first-order valence-electron chi connectivity index (χ1n) is 5.38. The molecule has 0 spiro atoms. The number of carbonyl (C=O) groups is 2. The first-order chi connectivity index (χ1) is 8.16. The van der Waals surface area contributed by atoms with Gasteiger partial charge in [0.15, 0.2) is 0 Å². The van der Waals surface area contributed by atoms with Crippen LogP contribution in [0.3, 0.4) is 0 Å². The molecule has 0 fully saturated rings. The van der Waals surface area contributed by atoms with Gasteiger partial charge in [0, 0.05) is 6.54 Å². The Kier molecular flexibility index (Phi) is 10.5. The van der Waals surface area contributed by atoms with E-state index in [1.54, 1.807) is 0 Å². The van der Waals surface area contributed by atoms with E-state index >= 15 is 0 Å². The summed E-state index contributed by atoms with van der Waals surface area (Å²) in [4.78, 5) is 21.0. The van der Waals surface area contributed by atoms with Gasteiger partial charge < -0.3 is 24.6 Å². The van der Waals surface area contributed by atoms with Crippen LogP contribution in [-0.2, 0) is 23.8 Å². The summed E-state index contributed by atoms with van der Waals surface area (Å²) in [6, 6.07) is 0. The van der Waals surface area contributed by atoms with E-state index in [-0.39, 0.29) is 25.7 Å². The summed E-state index contributed by atoms with van der Waals surface area (Å²) < 4.78 is 14.8. The van der Waals surface area contributed by atoms with E-state index in [4.69, 9.17) is 19.3 Å². The van der Waals surface area contributed by atoms with Crippen molar-refractivity contribution in [3.63, 3.8) is 0 Å². The lowest BCUT2D eigenvalue weighted by Gasteiger charge is -2.05. The number of ether oxygens (including phenoxy) is 3. The quantitative estimate of drug-likeness (QED) is 0.468. The fourth-order valence-electron chi connectivity index (χ4n) is 0.910. The number of carbonyl (C=O) groups excluding carboxylic acids is 1. The smallest absolute Gasteiger partial charge is 0.329 e. The lowest BCUT2D eigenvalue weighted by atomic mass is 10.6. The van der Waals surface area contributed by atoms with Gasteiger partial charge in [-0.2, -0.15) is 0 Å². The van der Waals surface area contributed by atoms with Crippen molar-refractivity contribution >= 4 is 11.9 Å². The number of likely N-dealkylation sites (N-methyl/N-ethyl adjacent to an activating group) is 1. The van der Waals surface area contributed by atoms with Crippen LogP contribution in [0, 0.1) is 0 Å². The maximum Gasteiger partial charge on any atom is 0.329 e. The zero-order chi connectivity index (χ0) is 12.9. The van der Waals surface area contributed by atoms with Crippen LogP contribution in [0.5, 0.6) is 0 Å². The second-order valence-corrected chi connectivity index (χ2v) is 3.06. The number of amides is 1. The molecule has 0 unspecified atom stereocenters. The van der Waals surface area contributed by atoms with Crippen molar-refractivity contribution in [3.8, 4) is 0 Å². The number of carboxylic acid groups (broad SMARTS) is 1. The monoisotopic (exact) mass is 249 g/mol. The van der Waals surface area contributed by atoms with Gasteiger partial charge in [-0.25, -0.2) is 4.79 Å². The third-order valence-corrected chi connectivity index (χ3v) is 1.58. The molecule has 0 aliphatic carbocycles. The summed E-state index contributed by atoms with van der Waals surface area (Å²) in [5, 5.41) is 10.9. The molecule has 0 aromatic rings. The van der Waals surface area contributed by atoms with Gasteiger partial charge in [-0.05, 0) is 6.92 Å². The highest BCUT2D eigenvalue weighted by atomic mass is 16.5. The molecule has 0 aromatic heterocycles. The predicted octanol–water partition coefficient (Wildman–Crippen LogP) is -0.743. The maximum absolute atomic E-state index is 10.9. The topological polar surface area (TPSA) is 94.1 Å². The Labute approximate surface area is 100 Å². The summed E-state index contributed by atoms with van der Waals surface area (Å²) in [5.41, 5.74) is 0. The summed E-state index contributed by atoms with van der Waals surface area (Å²) in [6.45, 7) is 3.30. The van der Waals surface area contributed by atoms with Crippen LogP contribution in [0.25, 0.3) is 0 Å². The Hall–Kier alpha value is -1.18. The Morgan fingerprint density at radius 1 is 1.00 bits per heavy atom. The molecule has 17 heavy (non-hydrogen) atoms. The number of hydrogen-bond acceptors (Lipinski definition) is 5. The normalized spacial score (nSPS) is 10.2. The van der Waals surface area contributed by atoms with Gasteiger partial charge in [-0.15, -0.1) is 0 Å². The van der Waals surface area contributed by atoms with Crippen molar-refractivity contribution in [2.24, 2.45) is 0 Å². The van der Waals surface area contributed by atoms with Crippen LogP contribution >= 0.6 is 0 Å². The van der Waals surface area contributed by atoms with Crippen LogP contribution in [0.15, 0.2) is 0 Å². The van der Waals surface area contributed by atoms with Crippen molar-refractivity contribution < 1.29 is 28.9 Å². The van der Waals surface area contributed by atoms with Crippen molar-refractivity contribution in [2.45, 2.75) is 6.92 Å². The van der Waals surface area contributed by atoms with Gasteiger partial charge in [0.25, 0.3) is 0 Å². The van der Waals surface area contributed by atoms with E-state index in [2.05, 4.69) is 5.32 Å². The second-order valence-electron chi connectivity index (χ2n) is 3.06. The second kappa shape index (κ2) is 11.3. The highest BCUT2D eigenvalue weighted by molar-refractivity contribution is 5.77.